The van der Waals surface area contributed by atoms with Crippen molar-refractivity contribution in [3.8, 4) is 5.69 Å². The molecule has 2 rings (SSSR count). The van der Waals surface area contributed by atoms with Crippen LogP contribution in [-0.4, -0.2) is 22.0 Å². The van der Waals surface area contributed by atoms with Gasteiger partial charge in [0, 0.05) is 0 Å². The zero-order valence-corrected chi connectivity index (χ0v) is 9.22. The molecular weight excluding hydrogens is 244 g/mol. The summed E-state index contributed by atoms with van der Waals surface area (Å²) in [6.07, 6.45) is 0.347. The monoisotopic (exact) mass is 249 g/mol. The third kappa shape index (κ3) is 1.92. The number of aldehydes is 1. The van der Waals surface area contributed by atoms with Gasteiger partial charge in [-0.3, -0.25) is 4.79 Å². The molecule has 0 N–H and O–H groups in total. The molecule has 1 aromatic carbocycles. The van der Waals surface area contributed by atoms with Gasteiger partial charge in [0.25, 0.3) is 0 Å². The Balaban J connectivity index is 2.65. The number of benzene rings is 1. The van der Waals surface area contributed by atoms with E-state index in [0.717, 1.165) is 0 Å². The Morgan fingerprint density at radius 1 is 1.35 bits per heavy atom. The van der Waals surface area contributed by atoms with Gasteiger partial charge in [0.1, 0.15) is 10.8 Å². The maximum atomic E-state index is 10.8. The Labute approximate surface area is 101 Å². The van der Waals surface area contributed by atoms with Crippen LogP contribution in [0.15, 0.2) is 30.3 Å². The van der Waals surface area contributed by atoms with Crippen molar-refractivity contribution in [2.24, 2.45) is 0 Å². The normalized spacial score (nSPS) is 10.2. The minimum atomic E-state index is -1.54. The highest BCUT2D eigenvalue weighted by atomic mass is 35.5. The van der Waals surface area contributed by atoms with Crippen LogP contribution in [0.4, 0.5) is 0 Å². The molecule has 0 aliphatic rings. The predicted octanol–water partition coefficient (Wildman–Crippen LogP) is 0.702. The summed E-state index contributed by atoms with van der Waals surface area (Å²) in [5.41, 5.74) is -0.0857. The lowest BCUT2D eigenvalue weighted by Gasteiger charge is -2.01. The Hall–Kier alpha value is -2.14. The number of carbonyl (C=O) groups excluding carboxylic acids is 2. The largest absolute Gasteiger partial charge is 0.543 e. The molecule has 17 heavy (non-hydrogen) atoms. The molecule has 0 aliphatic heterocycles. The summed E-state index contributed by atoms with van der Waals surface area (Å²) in [7, 11) is 0. The number of carboxylic acid groups (broad SMARTS) is 1. The van der Waals surface area contributed by atoms with E-state index in [2.05, 4.69) is 5.10 Å². The smallest absolute Gasteiger partial charge is 0.155 e. The predicted molar refractivity (Wildman–Crippen MR) is 58.3 cm³/mol. The summed E-state index contributed by atoms with van der Waals surface area (Å²) in [5, 5.41) is 14.5. The Morgan fingerprint density at radius 2 is 2.00 bits per heavy atom. The van der Waals surface area contributed by atoms with Crippen LogP contribution in [0.2, 0.25) is 5.15 Å². The van der Waals surface area contributed by atoms with Gasteiger partial charge in [0.2, 0.25) is 0 Å². The first-order valence-corrected chi connectivity index (χ1v) is 5.03. The first-order chi connectivity index (χ1) is 8.15. The van der Waals surface area contributed by atoms with Crippen molar-refractivity contribution in [2.45, 2.75) is 0 Å². The first-order valence-electron chi connectivity index (χ1n) is 4.65. The van der Waals surface area contributed by atoms with Gasteiger partial charge in [-0.15, -0.1) is 0 Å². The van der Waals surface area contributed by atoms with Gasteiger partial charge in [0.05, 0.1) is 17.2 Å². The molecule has 0 amide bonds. The maximum absolute atomic E-state index is 10.8. The van der Waals surface area contributed by atoms with E-state index in [9.17, 15) is 14.7 Å². The van der Waals surface area contributed by atoms with Crippen LogP contribution in [0.3, 0.4) is 0 Å². The molecular formula is C11H6ClN2O3-. The summed E-state index contributed by atoms with van der Waals surface area (Å²) < 4.78 is 1.18. The van der Waals surface area contributed by atoms with E-state index in [1.54, 1.807) is 30.3 Å². The molecule has 0 unspecified atom stereocenters. The molecule has 0 saturated heterocycles. The van der Waals surface area contributed by atoms with E-state index in [1.165, 1.54) is 4.68 Å². The Kier molecular flexibility index (Phi) is 2.93. The highest BCUT2D eigenvalue weighted by Crippen LogP contribution is 2.21. The number of halogens is 1. The lowest BCUT2D eigenvalue weighted by molar-refractivity contribution is -0.255. The van der Waals surface area contributed by atoms with Crippen LogP contribution < -0.4 is 5.11 Å². The molecule has 0 saturated carbocycles. The minimum Gasteiger partial charge on any atom is -0.543 e. The molecule has 6 heteroatoms. The van der Waals surface area contributed by atoms with Crippen molar-refractivity contribution in [3.05, 3.63) is 46.7 Å². The summed E-state index contributed by atoms with van der Waals surface area (Å²) in [5.74, 6) is -1.54. The van der Waals surface area contributed by atoms with Crippen LogP contribution >= 0.6 is 11.6 Å². The number of carboxylic acids is 1. The van der Waals surface area contributed by atoms with E-state index in [4.69, 9.17) is 11.6 Å². The Morgan fingerprint density at radius 3 is 2.47 bits per heavy atom. The van der Waals surface area contributed by atoms with Crippen molar-refractivity contribution in [1.82, 2.24) is 9.78 Å². The molecule has 0 spiro atoms. The van der Waals surface area contributed by atoms with Crippen molar-refractivity contribution in [3.63, 3.8) is 0 Å². The van der Waals surface area contributed by atoms with Gasteiger partial charge in [-0.2, -0.15) is 5.10 Å². The van der Waals surface area contributed by atoms with Crippen molar-refractivity contribution >= 4 is 23.9 Å². The third-order valence-corrected chi connectivity index (χ3v) is 2.54. The number of rotatable bonds is 3. The summed E-state index contributed by atoms with van der Waals surface area (Å²) >= 11 is 5.89. The number of hydrogen-bond donors (Lipinski definition) is 0. The molecule has 0 fully saturated rings. The first kappa shape index (κ1) is 11.3. The minimum absolute atomic E-state index is 0.0506. The lowest BCUT2D eigenvalue weighted by Crippen LogP contribution is -2.24. The van der Waals surface area contributed by atoms with Gasteiger partial charge < -0.3 is 9.90 Å². The van der Waals surface area contributed by atoms with Gasteiger partial charge in [-0.05, 0) is 12.1 Å². The zero-order valence-electron chi connectivity index (χ0n) is 8.46. The van der Waals surface area contributed by atoms with Crippen LogP contribution in [0.25, 0.3) is 5.69 Å². The average molecular weight is 250 g/mol. The van der Waals surface area contributed by atoms with Gasteiger partial charge >= 0.3 is 0 Å². The van der Waals surface area contributed by atoms with Crippen LogP contribution in [0, 0.1) is 0 Å². The highest BCUT2D eigenvalue weighted by Gasteiger charge is 2.17. The summed E-state index contributed by atoms with van der Waals surface area (Å²) in [6, 6.07) is 8.65. The van der Waals surface area contributed by atoms with E-state index >= 15 is 0 Å². The molecule has 5 nitrogen and oxygen atoms in total. The number of nitrogens with zero attached hydrogens (tertiary/aromatic N) is 2. The Bertz CT molecular complexity index is 578. The van der Waals surface area contributed by atoms with Crippen LogP contribution in [0.1, 0.15) is 20.8 Å². The quantitative estimate of drug-likeness (QED) is 0.751. The highest BCUT2D eigenvalue weighted by molar-refractivity contribution is 6.32. The molecule has 1 aromatic heterocycles. The standard InChI is InChI=1S/C11H7ClN2O3/c12-10-8(6-15)9(11(16)17)13-14(10)7-4-2-1-3-5-7/h1-6H,(H,16,17)/p-1. The van der Waals surface area contributed by atoms with Gasteiger partial charge in [-0.1, -0.05) is 29.8 Å². The van der Waals surface area contributed by atoms with Crippen molar-refractivity contribution in [1.29, 1.82) is 0 Å². The molecule has 0 radical (unpaired) electrons. The van der Waals surface area contributed by atoms with Crippen LogP contribution in [-0.2, 0) is 0 Å². The molecule has 2 aromatic rings. The number of aromatic carboxylic acids is 1. The third-order valence-electron chi connectivity index (χ3n) is 2.18. The second kappa shape index (κ2) is 4.39. The molecule has 1 heterocycles. The van der Waals surface area contributed by atoms with Crippen molar-refractivity contribution < 1.29 is 14.7 Å². The fourth-order valence-corrected chi connectivity index (χ4v) is 1.67. The summed E-state index contributed by atoms with van der Waals surface area (Å²) in [6.45, 7) is 0. The number of carbonyl (C=O) groups is 2. The molecule has 0 bridgehead atoms. The maximum Gasteiger partial charge on any atom is 0.155 e. The number of para-hydroxylation sites is 1. The average Bonchev–Trinajstić information content (AvgIpc) is 2.67. The second-order valence-electron chi connectivity index (χ2n) is 3.21. The fraction of sp³-hybridized carbons (Fsp3) is 0. The molecule has 0 aliphatic carbocycles. The van der Waals surface area contributed by atoms with E-state index < -0.39 is 11.7 Å². The SMILES string of the molecule is O=Cc1c(C(=O)[O-])nn(-c2ccccc2)c1Cl. The molecule has 86 valence electrons. The van der Waals surface area contributed by atoms with Gasteiger partial charge in [0.15, 0.2) is 6.29 Å². The zero-order chi connectivity index (χ0) is 12.4. The fourth-order valence-electron chi connectivity index (χ4n) is 1.41. The second-order valence-corrected chi connectivity index (χ2v) is 3.56. The van der Waals surface area contributed by atoms with Crippen molar-refractivity contribution in [2.75, 3.05) is 0 Å². The molecule has 0 atom stereocenters. The number of aromatic nitrogens is 2. The van der Waals surface area contributed by atoms with E-state index in [-0.39, 0.29) is 10.7 Å². The summed E-state index contributed by atoms with van der Waals surface area (Å²) in [4.78, 5) is 21.5. The number of hydrogen-bond acceptors (Lipinski definition) is 4. The van der Waals surface area contributed by atoms with E-state index in [1.807, 2.05) is 0 Å². The van der Waals surface area contributed by atoms with E-state index in [0.29, 0.717) is 12.0 Å². The topological polar surface area (TPSA) is 75.0 Å². The van der Waals surface area contributed by atoms with Gasteiger partial charge in [-0.25, -0.2) is 4.68 Å². The van der Waals surface area contributed by atoms with Crippen LogP contribution in [0.5, 0.6) is 0 Å². The lowest BCUT2D eigenvalue weighted by atomic mass is 10.3.